The molecule has 0 atom stereocenters. The molecule has 0 spiro atoms. The van der Waals surface area contributed by atoms with Gasteiger partial charge in [-0.1, -0.05) is 0 Å². The maximum absolute atomic E-state index is 6.14. The van der Waals surface area contributed by atoms with Crippen LogP contribution in [0.3, 0.4) is 0 Å². The molecule has 5 nitrogen and oxygen atoms in total. The molecule has 2 aromatic heterocycles. The monoisotopic (exact) mass is 266 g/mol. The third kappa shape index (κ3) is 2.04. The Morgan fingerprint density at radius 3 is 3.00 bits per heavy atom. The first kappa shape index (κ1) is 11.7. The molecule has 0 amide bonds. The van der Waals surface area contributed by atoms with Crippen LogP contribution in [0.25, 0.3) is 5.52 Å². The summed E-state index contributed by atoms with van der Waals surface area (Å²) in [5.41, 5.74) is 0.840. The predicted octanol–water partition coefficient (Wildman–Crippen LogP) is 1.93. The summed E-state index contributed by atoms with van der Waals surface area (Å²) in [5.74, 6) is 1.38. The molecule has 18 heavy (non-hydrogen) atoms. The maximum atomic E-state index is 6.14. The number of aromatic nitrogens is 3. The van der Waals surface area contributed by atoms with Crippen LogP contribution in [-0.4, -0.2) is 39.2 Å². The molecule has 0 aliphatic carbocycles. The van der Waals surface area contributed by atoms with Crippen molar-refractivity contribution in [3.63, 3.8) is 0 Å². The first-order valence-corrected chi connectivity index (χ1v) is 6.57. The zero-order valence-corrected chi connectivity index (χ0v) is 10.7. The van der Waals surface area contributed by atoms with Gasteiger partial charge in [0, 0.05) is 31.5 Å². The molecule has 6 heteroatoms. The van der Waals surface area contributed by atoms with Crippen LogP contribution < -0.4 is 5.32 Å². The lowest BCUT2D eigenvalue weighted by atomic mass is 9.92. The van der Waals surface area contributed by atoms with Crippen molar-refractivity contribution in [2.75, 3.05) is 24.4 Å². The molecule has 1 aliphatic heterocycles. The molecule has 1 aliphatic rings. The number of anilines is 1. The van der Waals surface area contributed by atoms with Crippen LogP contribution in [0.1, 0.15) is 12.8 Å². The Hall–Kier alpha value is -1.33. The van der Waals surface area contributed by atoms with Crippen LogP contribution in [0.4, 0.5) is 5.82 Å². The number of alkyl halides is 1. The lowest BCUT2D eigenvalue weighted by Crippen LogP contribution is -2.45. The van der Waals surface area contributed by atoms with Crippen molar-refractivity contribution in [3.8, 4) is 0 Å². The van der Waals surface area contributed by atoms with E-state index in [1.165, 1.54) is 0 Å². The van der Waals surface area contributed by atoms with Crippen LogP contribution in [0.5, 0.6) is 0 Å². The number of nitrogens with one attached hydrogen (secondary N) is 1. The molecular weight excluding hydrogens is 252 g/mol. The molecule has 0 saturated carbocycles. The Morgan fingerprint density at radius 2 is 2.22 bits per heavy atom. The van der Waals surface area contributed by atoms with Gasteiger partial charge in [-0.25, -0.2) is 9.50 Å². The molecule has 1 saturated heterocycles. The van der Waals surface area contributed by atoms with E-state index in [0.29, 0.717) is 5.88 Å². The van der Waals surface area contributed by atoms with E-state index in [4.69, 9.17) is 16.3 Å². The Balaban J connectivity index is 1.92. The number of hydrogen-bond acceptors (Lipinski definition) is 4. The van der Waals surface area contributed by atoms with Gasteiger partial charge in [0.15, 0.2) is 5.82 Å². The molecule has 3 heterocycles. The lowest BCUT2D eigenvalue weighted by Gasteiger charge is -2.36. The lowest BCUT2D eigenvalue weighted by molar-refractivity contribution is 0.0667. The summed E-state index contributed by atoms with van der Waals surface area (Å²) in [5, 5.41) is 7.69. The zero-order valence-electron chi connectivity index (χ0n) is 9.97. The predicted molar refractivity (Wildman–Crippen MR) is 70.1 cm³/mol. The Bertz CT molecular complexity index is 536. The second-order valence-corrected chi connectivity index (χ2v) is 4.86. The van der Waals surface area contributed by atoms with Crippen molar-refractivity contribution in [2.24, 2.45) is 0 Å². The summed E-state index contributed by atoms with van der Waals surface area (Å²) in [4.78, 5) is 4.39. The zero-order chi connectivity index (χ0) is 12.4. The molecule has 2 aromatic rings. The van der Waals surface area contributed by atoms with Gasteiger partial charge in [0.25, 0.3) is 0 Å². The van der Waals surface area contributed by atoms with E-state index in [1.807, 2.05) is 12.3 Å². The van der Waals surface area contributed by atoms with Gasteiger partial charge >= 0.3 is 0 Å². The highest BCUT2D eigenvalue weighted by Gasteiger charge is 2.32. The number of hydrogen-bond donors (Lipinski definition) is 1. The highest BCUT2D eigenvalue weighted by atomic mass is 35.5. The third-order valence-electron chi connectivity index (χ3n) is 3.41. The SMILES string of the molecule is ClCC1(Nc2nccn3nccc23)CCOCC1. The summed E-state index contributed by atoms with van der Waals surface area (Å²) < 4.78 is 7.20. The highest BCUT2D eigenvalue weighted by molar-refractivity contribution is 6.18. The fraction of sp³-hybridized carbons (Fsp3) is 0.500. The van der Waals surface area contributed by atoms with Crippen LogP contribution in [0, 0.1) is 0 Å². The Morgan fingerprint density at radius 1 is 1.39 bits per heavy atom. The van der Waals surface area contributed by atoms with Crippen molar-refractivity contribution in [1.82, 2.24) is 14.6 Å². The van der Waals surface area contributed by atoms with Crippen LogP contribution >= 0.6 is 11.6 Å². The van der Waals surface area contributed by atoms with Gasteiger partial charge in [0.2, 0.25) is 0 Å². The van der Waals surface area contributed by atoms with Gasteiger partial charge in [-0.15, -0.1) is 11.6 Å². The molecule has 1 fully saturated rings. The van der Waals surface area contributed by atoms with E-state index in [1.54, 1.807) is 16.9 Å². The van der Waals surface area contributed by atoms with E-state index in [2.05, 4.69) is 15.4 Å². The number of ether oxygens (including phenoxy) is 1. The fourth-order valence-electron chi connectivity index (χ4n) is 2.26. The number of fused-ring (bicyclic) bond motifs is 1. The van der Waals surface area contributed by atoms with Crippen molar-refractivity contribution in [1.29, 1.82) is 0 Å². The smallest absolute Gasteiger partial charge is 0.152 e. The second-order valence-electron chi connectivity index (χ2n) is 4.59. The first-order chi connectivity index (χ1) is 8.83. The molecule has 0 radical (unpaired) electrons. The maximum Gasteiger partial charge on any atom is 0.152 e. The summed E-state index contributed by atoms with van der Waals surface area (Å²) in [6.07, 6.45) is 7.13. The molecule has 0 bridgehead atoms. The van der Waals surface area contributed by atoms with E-state index in [9.17, 15) is 0 Å². The van der Waals surface area contributed by atoms with Crippen molar-refractivity contribution >= 4 is 22.9 Å². The topological polar surface area (TPSA) is 51.5 Å². The van der Waals surface area contributed by atoms with E-state index in [0.717, 1.165) is 37.4 Å². The molecule has 3 rings (SSSR count). The quantitative estimate of drug-likeness (QED) is 0.863. The molecule has 0 aromatic carbocycles. The van der Waals surface area contributed by atoms with Gasteiger partial charge in [0.1, 0.15) is 5.52 Å². The third-order valence-corrected chi connectivity index (χ3v) is 3.93. The Kier molecular flexibility index (Phi) is 3.09. The largest absolute Gasteiger partial charge is 0.381 e. The van der Waals surface area contributed by atoms with Gasteiger partial charge in [0.05, 0.1) is 11.7 Å². The molecular formula is C12H15ClN4O. The molecule has 1 N–H and O–H groups in total. The summed E-state index contributed by atoms with van der Waals surface area (Å²) in [7, 11) is 0. The summed E-state index contributed by atoms with van der Waals surface area (Å²) in [6, 6.07) is 1.94. The minimum Gasteiger partial charge on any atom is -0.381 e. The van der Waals surface area contributed by atoms with Crippen molar-refractivity contribution < 1.29 is 4.74 Å². The number of rotatable bonds is 3. The first-order valence-electron chi connectivity index (χ1n) is 6.03. The van der Waals surface area contributed by atoms with Crippen molar-refractivity contribution in [3.05, 3.63) is 24.7 Å². The second kappa shape index (κ2) is 4.74. The average molecular weight is 267 g/mol. The van der Waals surface area contributed by atoms with E-state index in [-0.39, 0.29) is 5.54 Å². The van der Waals surface area contributed by atoms with Crippen LogP contribution in [0.15, 0.2) is 24.7 Å². The van der Waals surface area contributed by atoms with Gasteiger partial charge in [-0.2, -0.15) is 5.10 Å². The minimum absolute atomic E-state index is 0.126. The summed E-state index contributed by atoms with van der Waals surface area (Å²) in [6.45, 7) is 1.48. The standard InChI is InChI=1S/C12H15ClN4O/c13-9-12(2-7-18-8-3-12)16-11-10-1-4-15-17(10)6-5-14-11/h1,4-6H,2-3,7-9H2,(H,14,16). The number of halogens is 1. The molecule has 96 valence electrons. The van der Waals surface area contributed by atoms with Gasteiger partial charge in [-0.05, 0) is 18.9 Å². The average Bonchev–Trinajstić information content (AvgIpc) is 2.89. The van der Waals surface area contributed by atoms with E-state index >= 15 is 0 Å². The van der Waals surface area contributed by atoms with Crippen LogP contribution in [-0.2, 0) is 4.74 Å². The molecule has 0 unspecified atom stereocenters. The fourth-order valence-corrected chi connectivity index (χ4v) is 2.59. The van der Waals surface area contributed by atoms with Crippen LogP contribution in [0.2, 0.25) is 0 Å². The van der Waals surface area contributed by atoms with Gasteiger partial charge in [-0.3, -0.25) is 0 Å². The Labute approximate surface area is 110 Å². The van der Waals surface area contributed by atoms with E-state index < -0.39 is 0 Å². The highest BCUT2D eigenvalue weighted by Crippen LogP contribution is 2.28. The van der Waals surface area contributed by atoms with Crippen molar-refractivity contribution in [2.45, 2.75) is 18.4 Å². The normalized spacial score (nSPS) is 18.9. The van der Waals surface area contributed by atoms with Gasteiger partial charge < -0.3 is 10.1 Å². The number of nitrogens with zero attached hydrogens (tertiary/aromatic N) is 3. The summed E-state index contributed by atoms with van der Waals surface area (Å²) >= 11 is 6.14. The minimum atomic E-state index is -0.126.